The van der Waals surface area contributed by atoms with Crippen LogP contribution in [-0.2, 0) is 16.1 Å². The standard InChI is InChI=1S/C33H30N2O4/c1-38-29-18-23(15-17-28(29)39-20-30(37)34-19-21-8-3-2-4-9-21)33-32-25(12-7-13-27(32)36)31-24-11-6-5-10-22(24)14-16-26(31)35-33/h2-6,8-11,14-18,33,35H,7,12-13,19-20H2,1H3,(H,34,37)/t33-/m1/s1. The van der Waals surface area contributed by atoms with Gasteiger partial charge in [0, 0.05) is 29.8 Å². The second-order valence-corrected chi connectivity index (χ2v) is 9.92. The van der Waals surface area contributed by atoms with E-state index in [-0.39, 0.29) is 24.3 Å². The average molecular weight is 519 g/mol. The Kier molecular flexibility index (Phi) is 6.76. The van der Waals surface area contributed by atoms with Crippen molar-refractivity contribution in [3.63, 3.8) is 0 Å². The monoisotopic (exact) mass is 518 g/mol. The third kappa shape index (κ3) is 4.86. The number of amides is 1. The van der Waals surface area contributed by atoms with Crippen LogP contribution in [0.25, 0.3) is 16.3 Å². The predicted octanol–water partition coefficient (Wildman–Crippen LogP) is 6.22. The highest BCUT2D eigenvalue weighted by molar-refractivity contribution is 6.12. The summed E-state index contributed by atoms with van der Waals surface area (Å²) in [6.45, 7) is 0.313. The SMILES string of the molecule is COc1cc([C@H]2Nc3ccc4ccccc4c3C3=C2C(=O)CCC3)ccc1OCC(=O)NCc1ccccc1. The normalized spacial score (nSPS) is 16.2. The first-order valence-electron chi connectivity index (χ1n) is 13.3. The van der Waals surface area contributed by atoms with E-state index >= 15 is 0 Å². The Morgan fingerprint density at radius 1 is 0.949 bits per heavy atom. The number of rotatable bonds is 7. The average Bonchev–Trinajstić information content (AvgIpc) is 2.98. The zero-order valence-corrected chi connectivity index (χ0v) is 21.8. The Balaban J connectivity index is 1.26. The van der Waals surface area contributed by atoms with Crippen LogP contribution in [0.15, 0.2) is 90.5 Å². The molecule has 4 aromatic carbocycles. The number of fused-ring (bicyclic) bond motifs is 4. The molecular weight excluding hydrogens is 488 g/mol. The van der Waals surface area contributed by atoms with Crippen LogP contribution < -0.4 is 20.1 Å². The first-order chi connectivity index (χ1) is 19.1. The lowest BCUT2D eigenvalue weighted by atomic mass is 9.77. The number of hydrogen-bond donors (Lipinski definition) is 2. The number of benzene rings is 4. The van der Waals surface area contributed by atoms with Gasteiger partial charge in [-0.2, -0.15) is 0 Å². The second kappa shape index (κ2) is 10.7. The van der Waals surface area contributed by atoms with Crippen LogP contribution in [0, 0.1) is 0 Å². The first kappa shape index (κ1) is 24.7. The minimum Gasteiger partial charge on any atom is -0.493 e. The van der Waals surface area contributed by atoms with E-state index in [4.69, 9.17) is 9.47 Å². The molecule has 0 fully saturated rings. The first-order valence-corrected chi connectivity index (χ1v) is 13.3. The summed E-state index contributed by atoms with van der Waals surface area (Å²) in [6, 6.07) is 27.6. The molecule has 6 heteroatoms. The van der Waals surface area contributed by atoms with Gasteiger partial charge < -0.3 is 20.1 Å². The number of carbonyl (C=O) groups is 2. The summed E-state index contributed by atoms with van der Waals surface area (Å²) in [5.74, 6) is 0.953. The zero-order chi connectivity index (χ0) is 26.8. The minimum absolute atomic E-state index is 0.127. The van der Waals surface area contributed by atoms with Gasteiger partial charge in [-0.05, 0) is 58.5 Å². The molecule has 1 atom stereocenters. The van der Waals surface area contributed by atoms with Gasteiger partial charge in [0.15, 0.2) is 23.9 Å². The number of carbonyl (C=O) groups excluding carboxylic acids is 2. The van der Waals surface area contributed by atoms with Crippen LogP contribution in [0.1, 0.15) is 42.0 Å². The molecule has 2 aliphatic rings. The molecule has 6 nitrogen and oxygen atoms in total. The summed E-state index contributed by atoms with van der Waals surface area (Å²) < 4.78 is 11.5. The molecule has 2 N–H and O–H groups in total. The lowest BCUT2D eigenvalue weighted by Gasteiger charge is -2.35. The number of hydrogen-bond acceptors (Lipinski definition) is 5. The fourth-order valence-corrected chi connectivity index (χ4v) is 5.63. The van der Waals surface area contributed by atoms with Gasteiger partial charge in [0.05, 0.1) is 13.2 Å². The molecule has 4 aromatic rings. The number of methoxy groups -OCH3 is 1. The maximum atomic E-state index is 13.3. The van der Waals surface area contributed by atoms with E-state index in [1.807, 2.05) is 60.7 Å². The van der Waals surface area contributed by atoms with Crippen molar-refractivity contribution in [2.24, 2.45) is 0 Å². The predicted molar refractivity (Wildman–Crippen MR) is 153 cm³/mol. The fourth-order valence-electron chi connectivity index (χ4n) is 5.63. The zero-order valence-electron chi connectivity index (χ0n) is 21.8. The molecule has 0 bridgehead atoms. The summed E-state index contributed by atoms with van der Waals surface area (Å²) in [5, 5.41) is 8.84. The van der Waals surface area contributed by atoms with E-state index in [0.717, 1.165) is 57.1 Å². The lowest BCUT2D eigenvalue weighted by Crippen LogP contribution is -2.28. The largest absolute Gasteiger partial charge is 0.493 e. The molecule has 1 amide bonds. The number of ether oxygens (including phenoxy) is 2. The van der Waals surface area contributed by atoms with Gasteiger partial charge in [0.2, 0.25) is 0 Å². The van der Waals surface area contributed by atoms with Gasteiger partial charge >= 0.3 is 0 Å². The molecule has 1 heterocycles. The van der Waals surface area contributed by atoms with Gasteiger partial charge in [-0.1, -0.05) is 66.7 Å². The highest BCUT2D eigenvalue weighted by atomic mass is 16.5. The highest BCUT2D eigenvalue weighted by Gasteiger charge is 2.35. The van der Waals surface area contributed by atoms with Crippen molar-refractivity contribution >= 4 is 33.7 Å². The van der Waals surface area contributed by atoms with Crippen molar-refractivity contribution < 1.29 is 19.1 Å². The number of anilines is 1. The van der Waals surface area contributed by atoms with Gasteiger partial charge in [-0.25, -0.2) is 0 Å². The third-order valence-corrected chi connectivity index (χ3v) is 7.49. The Morgan fingerprint density at radius 2 is 1.77 bits per heavy atom. The van der Waals surface area contributed by atoms with Crippen molar-refractivity contribution in [3.05, 3.63) is 107 Å². The molecule has 0 spiro atoms. The van der Waals surface area contributed by atoms with E-state index in [9.17, 15) is 9.59 Å². The van der Waals surface area contributed by atoms with E-state index < -0.39 is 0 Å². The third-order valence-electron chi connectivity index (χ3n) is 7.49. The molecule has 0 radical (unpaired) electrons. The highest BCUT2D eigenvalue weighted by Crippen LogP contribution is 2.48. The molecule has 0 unspecified atom stereocenters. The maximum Gasteiger partial charge on any atom is 0.258 e. The molecule has 0 saturated heterocycles. The van der Waals surface area contributed by atoms with Crippen LogP contribution >= 0.6 is 0 Å². The molecule has 0 aromatic heterocycles. The van der Waals surface area contributed by atoms with Crippen molar-refractivity contribution in [2.75, 3.05) is 19.0 Å². The van der Waals surface area contributed by atoms with Crippen LogP contribution in [-0.4, -0.2) is 25.4 Å². The summed E-state index contributed by atoms with van der Waals surface area (Å²) in [4.78, 5) is 25.7. The van der Waals surface area contributed by atoms with Crippen molar-refractivity contribution in [2.45, 2.75) is 31.8 Å². The summed E-state index contributed by atoms with van der Waals surface area (Å²) in [7, 11) is 1.58. The molecule has 1 aliphatic carbocycles. The van der Waals surface area contributed by atoms with Crippen molar-refractivity contribution in [1.82, 2.24) is 5.32 Å². The van der Waals surface area contributed by atoms with Crippen molar-refractivity contribution in [3.8, 4) is 11.5 Å². The molecule has 6 rings (SSSR count). The molecule has 39 heavy (non-hydrogen) atoms. The van der Waals surface area contributed by atoms with Crippen LogP contribution in [0.5, 0.6) is 11.5 Å². The van der Waals surface area contributed by atoms with Gasteiger partial charge in [-0.3, -0.25) is 9.59 Å². The molecule has 196 valence electrons. The van der Waals surface area contributed by atoms with Crippen LogP contribution in [0.3, 0.4) is 0 Å². The van der Waals surface area contributed by atoms with E-state index in [2.05, 4.69) is 34.9 Å². The number of ketones is 1. The smallest absolute Gasteiger partial charge is 0.258 e. The lowest BCUT2D eigenvalue weighted by molar-refractivity contribution is -0.123. The summed E-state index contributed by atoms with van der Waals surface area (Å²) >= 11 is 0. The van der Waals surface area contributed by atoms with E-state index in [0.29, 0.717) is 24.5 Å². The van der Waals surface area contributed by atoms with Gasteiger partial charge in [0.25, 0.3) is 5.91 Å². The topological polar surface area (TPSA) is 76.7 Å². The minimum atomic E-state index is -0.293. The number of allylic oxidation sites excluding steroid dienone is 1. The quantitative estimate of drug-likeness (QED) is 0.304. The van der Waals surface area contributed by atoms with Crippen LogP contribution in [0.2, 0.25) is 0 Å². The Morgan fingerprint density at radius 3 is 2.62 bits per heavy atom. The number of nitrogens with one attached hydrogen (secondary N) is 2. The molecule has 1 aliphatic heterocycles. The summed E-state index contributed by atoms with van der Waals surface area (Å²) in [6.07, 6.45) is 2.28. The second-order valence-electron chi connectivity index (χ2n) is 9.92. The Hall–Kier alpha value is -4.58. The maximum absolute atomic E-state index is 13.3. The summed E-state index contributed by atoms with van der Waals surface area (Å²) in [5.41, 5.74) is 6.07. The van der Waals surface area contributed by atoms with Crippen molar-refractivity contribution in [1.29, 1.82) is 0 Å². The Labute approximate surface area is 227 Å². The molecule has 0 saturated carbocycles. The fraction of sp³-hybridized carbons (Fsp3) is 0.212. The Bertz CT molecular complexity index is 1590. The van der Waals surface area contributed by atoms with E-state index in [1.54, 1.807) is 7.11 Å². The number of Topliss-reactive ketones (excluding diaryl/α,β-unsaturated/α-hetero) is 1. The molecular formula is C33H30N2O4. The van der Waals surface area contributed by atoms with Gasteiger partial charge in [-0.15, -0.1) is 0 Å². The van der Waals surface area contributed by atoms with Gasteiger partial charge in [0.1, 0.15) is 0 Å². The van der Waals surface area contributed by atoms with E-state index in [1.165, 1.54) is 0 Å². The van der Waals surface area contributed by atoms with Crippen LogP contribution in [0.4, 0.5) is 5.69 Å².